The van der Waals surface area contributed by atoms with Crippen LogP contribution < -0.4 is 5.32 Å². The van der Waals surface area contributed by atoms with Crippen molar-refractivity contribution >= 4 is 11.7 Å². The number of aromatic hydroxyl groups is 1. The summed E-state index contributed by atoms with van der Waals surface area (Å²) in [6.45, 7) is 7.60. The van der Waals surface area contributed by atoms with Crippen LogP contribution in [0.25, 0.3) is 0 Å². The molecule has 1 aromatic carbocycles. The number of rotatable bonds is 3. The molecule has 0 aliphatic carbocycles. The zero-order valence-electron chi connectivity index (χ0n) is 10.7. The highest BCUT2D eigenvalue weighted by atomic mass is 16.5. The van der Waals surface area contributed by atoms with Crippen LogP contribution in [0.4, 0.5) is 5.69 Å². The molecular formula is C13H19NO3. The second-order valence-electron chi connectivity index (χ2n) is 5.01. The second kappa shape index (κ2) is 5.08. The van der Waals surface area contributed by atoms with Gasteiger partial charge in [0.05, 0.1) is 5.69 Å². The third-order valence-corrected chi connectivity index (χ3v) is 2.01. The Labute approximate surface area is 102 Å². The number of carbonyl (C=O) groups is 1. The molecule has 0 radical (unpaired) electrons. The summed E-state index contributed by atoms with van der Waals surface area (Å²) < 4.78 is 4.90. The zero-order chi connectivity index (χ0) is 13.1. The number of carbonyl (C=O) groups excluding carboxylic acids is 1. The maximum absolute atomic E-state index is 10.7. The lowest BCUT2D eigenvalue weighted by Gasteiger charge is -2.23. The molecule has 4 heteroatoms. The van der Waals surface area contributed by atoms with Crippen LogP contribution in [0.1, 0.15) is 33.3 Å². The molecule has 0 unspecified atom stereocenters. The number of esters is 1. The van der Waals surface area contributed by atoms with Gasteiger partial charge in [0.25, 0.3) is 0 Å². The van der Waals surface area contributed by atoms with Crippen LogP contribution in [-0.2, 0) is 16.1 Å². The molecule has 0 spiro atoms. The Bertz CT molecular complexity index is 408. The number of anilines is 1. The number of phenolic OH excluding ortho intramolecular Hbond substituents is 1. The van der Waals surface area contributed by atoms with Crippen molar-refractivity contribution in [2.45, 2.75) is 39.8 Å². The molecule has 0 atom stereocenters. The van der Waals surface area contributed by atoms with Gasteiger partial charge in [-0.05, 0) is 38.5 Å². The summed E-state index contributed by atoms with van der Waals surface area (Å²) in [4.78, 5) is 10.7. The first kappa shape index (κ1) is 13.4. The SMILES string of the molecule is CC(=O)OCc1ccc(O)c(NC(C)(C)C)c1. The normalized spacial score (nSPS) is 11.1. The van der Waals surface area contributed by atoms with E-state index < -0.39 is 0 Å². The Hall–Kier alpha value is -1.71. The van der Waals surface area contributed by atoms with Gasteiger partial charge in [-0.15, -0.1) is 0 Å². The van der Waals surface area contributed by atoms with Gasteiger partial charge >= 0.3 is 5.97 Å². The summed E-state index contributed by atoms with van der Waals surface area (Å²) in [5, 5.41) is 12.9. The molecule has 0 aliphatic heterocycles. The first-order chi connectivity index (χ1) is 7.78. The molecule has 0 heterocycles. The molecule has 0 saturated heterocycles. The molecular weight excluding hydrogens is 218 g/mol. The largest absolute Gasteiger partial charge is 0.506 e. The van der Waals surface area contributed by atoms with E-state index >= 15 is 0 Å². The number of hydrogen-bond donors (Lipinski definition) is 2. The summed E-state index contributed by atoms with van der Waals surface area (Å²) in [6.07, 6.45) is 0. The van der Waals surface area contributed by atoms with Gasteiger partial charge in [0.2, 0.25) is 0 Å². The molecule has 0 aromatic heterocycles. The number of nitrogens with one attached hydrogen (secondary N) is 1. The summed E-state index contributed by atoms with van der Waals surface area (Å²) in [5.41, 5.74) is 1.34. The third-order valence-electron chi connectivity index (χ3n) is 2.01. The fraction of sp³-hybridized carbons (Fsp3) is 0.462. The Kier molecular flexibility index (Phi) is 3.99. The van der Waals surface area contributed by atoms with Crippen molar-refractivity contribution in [1.82, 2.24) is 0 Å². The van der Waals surface area contributed by atoms with Crippen molar-refractivity contribution in [2.75, 3.05) is 5.32 Å². The van der Waals surface area contributed by atoms with Crippen LogP contribution in [0.2, 0.25) is 0 Å². The Morgan fingerprint density at radius 2 is 2.06 bits per heavy atom. The lowest BCUT2D eigenvalue weighted by Crippen LogP contribution is -2.26. The van der Waals surface area contributed by atoms with Crippen molar-refractivity contribution in [3.8, 4) is 5.75 Å². The minimum absolute atomic E-state index is 0.141. The average Bonchev–Trinajstić information content (AvgIpc) is 2.17. The number of ether oxygens (including phenoxy) is 1. The first-order valence-electron chi connectivity index (χ1n) is 5.51. The molecule has 2 N–H and O–H groups in total. The topological polar surface area (TPSA) is 58.6 Å². The highest BCUT2D eigenvalue weighted by molar-refractivity contribution is 5.66. The van der Waals surface area contributed by atoms with Gasteiger partial charge in [-0.1, -0.05) is 6.07 Å². The summed E-state index contributed by atoms with van der Waals surface area (Å²) in [5.74, 6) is -0.130. The van der Waals surface area contributed by atoms with Gasteiger partial charge < -0.3 is 15.2 Å². The lowest BCUT2D eigenvalue weighted by molar-refractivity contribution is -0.142. The third kappa shape index (κ3) is 4.76. The van der Waals surface area contributed by atoms with E-state index in [1.807, 2.05) is 20.8 Å². The highest BCUT2D eigenvalue weighted by Gasteiger charge is 2.12. The Morgan fingerprint density at radius 3 is 2.59 bits per heavy atom. The van der Waals surface area contributed by atoms with Crippen molar-refractivity contribution < 1.29 is 14.6 Å². The van der Waals surface area contributed by atoms with E-state index in [0.29, 0.717) is 5.69 Å². The van der Waals surface area contributed by atoms with E-state index in [4.69, 9.17) is 4.74 Å². The summed E-state index contributed by atoms with van der Waals surface area (Å²) >= 11 is 0. The fourth-order valence-corrected chi connectivity index (χ4v) is 1.36. The predicted octanol–water partition coefficient (Wildman–Crippen LogP) is 2.67. The van der Waals surface area contributed by atoms with E-state index in [1.165, 1.54) is 6.92 Å². The quantitative estimate of drug-likeness (QED) is 0.627. The van der Waals surface area contributed by atoms with Crippen molar-refractivity contribution in [2.24, 2.45) is 0 Å². The van der Waals surface area contributed by atoms with Gasteiger partial charge in [-0.3, -0.25) is 4.79 Å². The van der Waals surface area contributed by atoms with Crippen LogP contribution in [0, 0.1) is 0 Å². The molecule has 17 heavy (non-hydrogen) atoms. The average molecular weight is 237 g/mol. The van der Waals surface area contributed by atoms with Gasteiger partial charge in [0.15, 0.2) is 0 Å². The molecule has 0 aliphatic rings. The van der Waals surface area contributed by atoms with Crippen LogP contribution in [-0.4, -0.2) is 16.6 Å². The van der Waals surface area contributed by atoms with Crippen molar-refractivity contribution in [1.29, 1.82) is 0 Å². The van der Waals surface area contributed by atoms with Gasteiger partial charge in [0, 0.05) is 12.5 Å². The molecule has 1 aromatic rings. The maximum Gasteiger partial charge on any atom is 0.302 e. The van der Waals surface area contributed by atoms with E-state index in [9.17, 15) is 9.90 Å². The summed E-state index contributed by atoms with van der Waals surface area (Å²) in [6, 6.07) is 5.10. The van der Waals surface area contributed by atoms with E-state index in [0.717, 1.165) is 5.56 Å². The second-order valence-corrected chi connectivity index (χ2v) is 5.01. The number of hydrogen-bond acceptors (Lipinski definition) is 4. The van der Waals surface area contributed by atoms with Crippen molar-refractivity contribution in [3.63, 3.8) is 0 Å². The van der Waals surface area contributed by atoms with E-state index in [1.54, 1.807) is 18.2 Å². The Morgan fingerprint density at radius 1 is 1.41 bits per heavy atom. The molecule has 4 nitrogen and oxygen atoms in total. The van der Waals surface area contributed by atoms with Crippen LogP contribution in [0.3, 0.4) is 0 Å². The smallest absolute Gasteiger partial charge is 0.302 e. The fourth-order valence-electron chi connectivity index (χ4n) is 1.36. The van der Waals surface area contributed by atoms with Gasteiger partial charge in [0.1, 0.15) is 12.4 Å². The molecule has 94 valence electrons. The van der Waals surface area contributed by atoms with Gasteiger partial charge in [-0.25, -0.2) is 0 Å². The molecule has 1 rings (SSSR count). The van der Waals surface area contributed by atoms with Crippen LogP contribution >= 0.6 is 0 Å². The van der Waals surface area contributed by atoms with Crippen LogP contribution in [0.5, 0.6) is 5.75 Å². The van der Waals surface area contributed by atoms with E-state index in [-0.39, 0.29) is 23.9 Å². The molecule has 0 saturated carbocycles. The minimum Gasteiger partial charge on any atom is -0.506 e. The summed E-state index contributed by atoms with van der Waals surface area (Å²) in [7, 11) is 0. The standard InChI is InChI=1S/C13H19NO3/c1-9(15)17-8-10-5-6-12(16)11(7-10)14-13(2,3)4/h5-7,14,16H,8H2,1-4H3. The number of phenols is 1. The molecule has 0 amide bonds. The predicted molar refractivity (Wildman–Crippen MR) is 67.0 cm³/mol. The minimum atomic E-state index is -0.316. The first-order valence-corrected chi connectivity index (χ1v) is 5.51. The number of benzene rings is 1. The highest BCUT2D eigenvalue weighted by Crippen LogP contribution is 2.27. The van der Waals surface area contributed by atoms with E-state index in [2.05, 4.69) is 5.32 Å². The van der Waals surface area contributed by atoms with Crippen LogP contribution in [0.15, 0.2) is 18.2 Å². The Balaban J connectivity index is 2.83. The van der Waals surface area contributed by atoms with Gasteiger partial charge in [-0.2, -0.15) is 0 Å². The lowest BCUT2D eigenvalue weighted by atomic mass is 10.1. The van der Waals surface area contributed by atoms with Crippen molar-refractivity contribution in [3.05, 3.63) is 23.8 Å². The molecule has 0 bridgehead atoms. The zero-order valence-corrected chi connectivity index (χ0v) is 10.7. The maximum atomic E-state index is 10.7. The molecule has 0 fully saturated rings. The monoisotopic (exact) mass is 237 g/mol.